The molecule has 2 aromatic heterocycles. The topological polar surface area (TPSA) is 57.0 Å². The number of aromatic nitrogens is 3. The van der Waals surface area contributed by atoms with Gasteiger partial charge in [-0.3, -0.25) is 9.36 Å². The maximum Gasteiger partial charge on any atom is 0.266 e. The van der Waals surface area contributed by atoms with Crippen LogP contribution in [0.3, 0.4) is 0 Å². The summed E-state index contributed by atoms with van der Waals surface area (Å²) in [7, 11) is 0. The van der Waals surface area contributed by atoms with Gasteiger partial charge >= 0.3 is 0 Å². The number of fused-ring (bicyclic) bond motifs is 1. The molecule has 0 atom stereocenters. The van der Waals surface area contributed by atoms with Gasteiger partial charge in [0.1, 0.15) is 18.2 Å². The third-order valence-corrected chi connectivity index (χ3v) is 5.63. The van der Waals surface area contributed by atoms with E-state index in [0.717, 1.165) is 22.7 Å². The van der Waals surface area contributed by atoms with Crippen molar-refractivity contribution in [1.82, 2.24) is 14.5 Å². The molecular formula is C26H19N3O2S. The quantitative estimate of drug-likeness (QED) is 0.347. The first-order chi connectivity index (χ1) is 15.8. The van der Waals surface area contributed by atoms with Crippen molar-refractivity contribution in [3.05, 3.63) is 117 Å². The molecule has 5 rings (SSSR count). The maximum atomic E-state index is 13.2. The molecule has 3 aromatic carbocycles. The number of thiazole rings is 1. The Bertz CT molecular complexity index is 1420. The SMILES string of the molecule is O=c1c2ccccc2nc(/C=C\c2ccc(OCc3cscn3)cc2)n1-c1ccccc1. The van der Waals surface area contributed by atoms with Gasteiger partial charge in [0, 0.05) is 5.38 Å². The number of nitrogens with zero attached hydrogens (tertiary/aromatic N) is 3. The number of hydrogen-bond acceptors (Lipinski definition) is 5. The first-order valence-corrected chi connectivity index (χ1v) is 11.1. The van der Waals surface area contributed by atoms with E-state index >= 15 is 0 Å². The fourth-order valence-electron chi connectivity index (χ4n) is 3.40. The average molecular weight is 438 g/mol. The second-order valence-electron chi connectivity index (χ2n) is 7.13. The van der Waals surface area contributed by atoms with E-state index in [2.05, 4.69) is 4.98 Å². The highest BCUT2D eigenvalue weighted by Crippen LogP contribution is 2.18. The van der Waals surface area contributed by atoms with Gasteiger partial charge in [0.2, 0.25) is 0 Å². The molecule has 6 heteroatoms. The van der Waals surface area contributed by atoms with Crippen LogP contribution in [0.5, 0.6) is 5.75 Å². The number of hydrogen-bond donors (Lipinski definition) is 0. The highest BCUT2D eigenvalue weighted by Gasteiger charge is 2.10. The monoisotopic (exact) mass is 437 g/mol. The highest BCUT2D eigenvalue weighted by molar-refractivity contribution is 7.07. The van der Waals surface area contributed by atoms with Crippen LogP contribution in [0, 0.1) is 0 Å². The Kier molecular flexibility index (Phi) is 5.59. The Hall–Kier alpha value is -4.03. The summed E-state index contributed by atoms with van der Waals surface area (Å²) in [6, 6.07) is 24.8. The zero-order valence-corrected chi connectivity index (χ0v) is 17.9. The van der Waals surface area contributed by atoms with E-state index in [0.29, 0.717) is 23.3 Å². The molecule has 0 aliphatic carbocycles. The van der Waals surface area contributed by atoms with E-state index in [9.17, 15) is 4.79 Å². The maximum absolute atomic E-state index is 13.2. The van der Waals surface area contributed by atoms with Gasteiger partial charge in [-0.25, -0.2) is 9.97 Å². The van der Waals surface area contributed by atoms with Crippen molar-refractivity contribution in [2.75, 3.05) is 0 Å². The predicted octanol–water partition coefficient (Wildman–Crippen LogP) is 5.59. The molecule has 0 amide bonds. The van der Waals surface area contributed by atoms with Crippen molar-refractivity contribution in [2.45, 2.75) is 6.61 Å². The highest BCUT2D eigenvalue weighted by atomic mass is 32.1. The van der Waals surface area contributed by atoms with Gasteiger partial charge in [0.25, 0.3) is 5.56 Å². The minimum atomic E-state index is -0.0905. The average Bonchev–Trinajstić information content (AvgIpc) is 3.36. The summed E-state index contributed by atoms with van der Waals surface area (Å²) in [6.45, 7) is 0.447. The van der Waals surface area contributed by atoms with E-state index in [4.69, 9.17) is 9.72 Å². The van der Waals surface area contributed by atoms with Gasteiger partial charge in [0.15, 0.2) is 0 Å². The van der Waals surface area contributed by atoms with Crippen molar-refractivity contribution >= 4 is 34.4 Å². The summed E-state index contributed by atoms with van der Waals surface area (Å²) < 4.78 is 7.41. The standard InChI is InChI=1S/C26H19N3O2S/c30-26-23-8-4-5-9-24(23)28-25(29(26)21-6-2-1-3-7-21)15-12-19-10-13-22(14-11-19)31-16-20-17-32-18-27-20/h1-15,17-18H,16H2/b15-12-. The lowest BCUT2D eigenvalue weighted by Crippen LogP contribution is -2.22. The van der Waals surface area contributed by atoms with E-state index in [-0.39, 0.29) is 5.56 Å². The normalized spacial score (nSPS) is 11.2. The molecule has 5 nitrogen and oxygen atoms in total. The van der Waals surface area contributed by atoms with Crippen LogP contribution in [0.2, 0.25) is 0 Å². The molecule has 0 bridgehead atoms. The van der Waals surface area contributed by atoms with Gasteiger partial charge < -0.3 is 4.74 Å². The molecule has 0 aliphatic rings. The summed E-state index contributed by atoms with van der Waals surface area (Å²) in [5.74, 6) is 1.35. The number of benzene rings is 3. The molecule has 2 heterocycles. The zero-order chi connectivity index (χ0) is 21.8. The van der Waals surface area contributed by atoms with Crippen molar-refractivity contribution in [3.8, 4) is 11.4 Å². The van der Waals surface area contributed by atoms with Gasteiger partial charge in [-0.15, -0.1) is 11.3 Å². The summed E-state index contributed by atoms with van der Waals surface area (Å²) in [6.07, 6.45) is 3.81. The molecular weight excluding hydrogens is 418 g/mol. The summed E-state index contributed by atoms with van der Waals surface area (Å²) in [4.78, 5) is 22.2. The first-order valence-electron chi connectivity index (χ1n) is 10.1. The Morgan fingerprint density at radius 1 is 0.906 bits per heavy atom. The summed E-state index contributed by atoms with van der Waals surface area (Å²) in [5, 5.41) is 2.56. The first kappa shape index (κ1) is 19.9. The van der Waals surface area contributed by atoms with Crippen LogP contribution in [0.15, 0.2) is 94.5 Å². The second kappa shape index (κ2) is 8.99. The van der Waals surface area contributed by atoms with Crippen LogP contribution in [-0.2, 0) is 6.61 Å². The van der Waals surface area contributed by atoms with Crippen molar-refractivity contribution < 1.29 is 4.74 Å². The summed E-state index contributed by atoms with van der Waals surface area (Å²) in [5.41, 5.74) is 5.06. The molecule has 0 saturated heterocycles. The Morgan fingerprint density at radius 2 is 1.69 bits per heavy atom. The van der Waals surface area contributed by atoms with Crippen LogP contribution in [0.1, 0.15) is 17.1 Å². The zero-order valence-electron chi connectivity index (χ0n) is 17.1. The number of ether oxygens (including phenoxy) is 1. The lowest BCUT2D eigenvalue weighted by Gasteiger charge is -2.11. The fraction of sp³-hybridized carbons (Fsp3) is 0.0385. The van der Waals surface area contributed by atoms with E-state index in [1.54, 1.807) is 21.4 Å². The smallest absolute Gasteiger partial charge is 0.266 e. The van der Waals surface area contributed by atoms with Gasteiger partial charge in [0.05, 0.1) is 27.8 Å². The molecule has 156 valence electrons. The van der Waals surface area contributed by atoms with Crippen LogP contribution >= 0.6 is 11.3 Å². The predicted molar refractivity (Wildman–Crippen MR) is 129 cm³/mol. The largest absolute Gasteiger partial charge is 0.487 e. The third-order valence-electron chi connectivity index (χ3n) is 4.99. The van der Waals surface area contributed by atoms with E-state index in [1.807, 2.05) is 96.4 Å². The van der Waals surface area contributed by atoms with Crippen molar-refractivity contribution in [2.24, 2.45) is 0 Å². The molecule has 0 saturated carbocycles. The number of para-hydroxylation sites is 2. The molecule has 0 unspecified atom stereocenters. The Balaban J connectivity index is 1.46. The second-order valence-corrected chi connectivity index (χ2v) is 7.85. The van der Waals surface area contributed by atoms with Gasteiger partial charge in [-0.2, -0.15) is 0 Å². The Morgan fingerprint density at radius 3 is 2.47 bits per heavy atom. The molecule has 5 aromatic rings. The lowest BCUT2D eigenvalue weighted by atomic mass is 10.2. The van der Waals surface area contributed by atoms with Gasteiger partial charge in [-0.05, 0) is 48.0 Å². The van der Waals surface area contributed by atoms with E-state index < -0.39 is 0 Å². The van der Waals surface area contributed by atoms with Crippen LogP contribution in [0.25, 0.3) is 28.7 Å². The lowest BCUT2D eigenvalue weighted by molar-refractivity contribution is 0.302. The van der Waals surface area contributed by atoms with E-state index in [1.165, 1.54) is 0 Å². The summed E-state index contributed by atoms with van der Waals surface area (Å²) >= 11 is 1.55. The van der Waals surface area contributed by atoms with Crippen LogP contribution in [0.4, 0.5) is 0 Å². The Labute approximate surface area is 188 Å². The molecule has 32 heavy (non-hydrogen) atoms. The van der Waals surface area contributed by atoms with Crippen molar-refractivity contribution in [3.63, 3.8) is 0 Å². The molecule has 0 aliphatic heterocycles. The minimum Gasteiger partial charge on any atom is -0.487 e. The van der Waals surface area contributed by atoms with Crippen LogP contribution < -0.4 is 10.3 Å². The molecule has 0 spiro atoms. The van der Waals surface area contributed by atoms with Crippen LogP contribution in [-0.4, -0.2) is 14.5 Å². The third kappa shape index (κ3) is 4.22. The molecule has 0 N–H and O–H groups in total. The molecule has 0 radical (unpaired) electrons. The molecule has 0 fully saturated rings. The van der Waals surface area contributed by atoms with Gasteiger partial charge in [-0.1, -0.05) is 48.5 Å². The minimum absolute atomic E-state index is 0.0905. The van der Waals surface area contributed by atoms with Crippen molar-refractivity contribution in [1.29, 1.82) is 0 Å². The fourth-order valence-corrected chi connectivity index (χ4v) is 3.94. The number of rotatable bonds is 6.